The fourth-order valence-corrected chi connectivity index (χ4v) is 0.703. The van der Waals surface area contributed by atoms with Crippen LogP contribution >= 0.6 is 0 Å². The molecule has 0 nitrogen and oxygen atoms in total. The fourth-order valence-electron chi connectivity index (χ4n) is 0.703. The van der Waals surface area contributed by atoms with Crippen molar-refractivity contribution in [2.24, 2.45) is 0 Å². The van der Waals surface area contributed by atoms with E-state index in [0.29, 0.717) is 0 Å². The number of hydrogen-bond acceptors (Lipinski definition) is 0. The lowest BCUT2D eigenvalue weighted by atomic mass is 10.1. The molecule has 0 bridgehead atoms. The third-order valence-electron chi connectivity index (χ3n) is 1.72. The molecule has 0 amide bonds. The lowest BCUT2D eigenvalue weighted by molar-refractivity contribution is 1.22. The van der Waals surface area contributed by atoms with Crippen molar-refractivity contribution in [2.45, 2.75) is 27.2 Å². The second-order valence-electron chi connectivity index (χ2n) is 2.69. The summed E-state index contributed by atoms with van der Waals surface area (Å²) in [5.74, 6) is 0. The number of allylic oxidation sites excluding steroid dienone is 7. The van der Waals surface area contributed by atoms with E-state index in [4.69, 9.17) is 0 Å². The topological polar surface area (TPSA) is 0 Å². The summed E-state index contributed by atoms with van der Waals surface area (Å²) in [5, 5.41) is 0. The standard InChI is InChI=1S/C12H18/c1-5-7-8-9-10-12(4)11(3)6-2/h6-10H,4-5H2,1-3H3/b8-7-,10-9-,11-6-. The molecule has 0 spiro atoms. The van der Waals surface area contributed by atoms with E-state index in [1.165, 1.54) is 5.57 Å². The molecule has 0 heteroatoms. The Balaban J connectivity index is 4.01. The largest absolute Gasteiger partial charge is 0.0915 e. The van der Waals surface area contributed by atoms with E-state index in [0.717, 1.165) is 12.0 Å². The van der Waals surface area contributed by atoms with Crippen LogP contribution in [0.25, 0.3) is 0 Å². The van der Waals surface area contributed by atoms with Crippen molar-refractivity contribution in [1.29, 1.82) is 0 Å². The summed E-state index contributed by atoms with van der Waals surface area (Å²) in [7, 11) is 0. The summed E-state index contributed by atoms with van der Waals surface area (Å²) >= 11 is 0. The lowest BCUT2D eigenvalue weighted by Crippen LogP contribution is -1.75. The molecule has 0 aromatic carbocycles. The van der Waals surface area contributed by atoms with Crippen molar-refractivity contribution in [1.82, 2.24) is 0 Å². The van der Waals surface area contributed by atoms with Crippen molar-refractivity contribution in [3.8, 4) is 0 Å². The molecule has 0 aliphatic heterocycles. The van der Waals surface area contributed by atoms with Crippen LogP contribution < -0.4 is 0 Å². The van der Waals surface area contributed by atoms with Crippen LogP contribution in [0.2, 0.25) is 0 Å². The van der Waals surface area contributed by atoms with Crippen molar-refractivity contribution in [3.63, 3.8) is 0 Å². The average Bonchev–Trinajstić information content (AvgIpc) is 2.10. The van der Waals surface area contributed by atoms with Crippen LogP contribution in [0.3, 0.4) is 0 Å². The molecule has 0 fully saturated rings. The maximum absolute atomic E-state index is 3.93. The van der Waals surface area contributed by atoms with Gasteiger partial charge in [-0.2, -0.15) is 0 Å². The Kier molecular flexibility index (Phi) is 6.08. The van der Waals surface area contributed by atoms with E-state index in [1.54, 1.807) is 0 Å². The molecule has 0 heterocycles. The molecule has 0 aliphatic carbocycles. The van der Waals surface area contributed by atoms with Crippen LogP contribution in [0.4, 0.5) is 0 Å². The normalized spacial score (nSPS) is 13.1. The zero-order chi connectivity index (χ0) is 9.40. The zero-order valence-corrected chi connectivity index (χ0v) is 8.30. The highest BCUT2D eigenvalue weighted by Gasteiger charge is 1.86. The first-order valence-corrected chi connectivity index (χ1v) is 4.37. The zero-order valence-electron chi connectivity index (χ0n) is 8.30. The first kappa shape index (κ1) is 11.0. The van der Waals surface area contributed by atoms with E-state index >= 15 is 0 Å². The monoisotopic (exact) mass is 162 g/mol. The van der Waals surface area contributed by atoms with Crippen LogP contribution in [0.1, 0.15) is 27.2 Å². The van der Waals surface area contributed by atoms with Crippen LogP contribution in [0, 0.1) is 0 Å². The summed E-state index contributed by atoms with van der Waals surface area (Å²) in [5.41, 5.74) is 2.31. The van der Waals surface area contributed by atoms with E-state index in [9.17, 15) is 0 Å². The van der Waals surface area contributed by atoms with Crippen LogP contribution in [-0.4, -0.2) is 0 Å². The molecule has 0 rings (SSSR count). The summed E-state index contributed by atoms with van der Waals surface area (Å²) in [6.07, 6.45) is 11.4. The van der Waals surface area contributed by atoms with Gasteiger partial charge in [-0.15, -0.1) is 0 Å². The Morgan fingerprint density at radius 3 is 2.50 bits per heavy atom. The summed E-state index contributed by atoms with van der Waals surface area (Å²) in [6.45, 7) is 10.1. The SMILES string of the molecule is C=C(/C=C\C=C/CC)/C(C)=C\C. The van der Waals surface area contributed by atoms with E-state index in [1.807, 2.05) is 25.2 Å². The molecule has 12 heavy (non-hydrogen) atoms. The van der Waals surface area contributed by atoms with Crippen molar-refractivity contribution < 1.29 is 0 Å². The van der Waals surface area contributed by atoms with E-state index < -0.39 is 0 Å². The molecule has 0 saturated carbocycles. The first-order chi connectivity index (χ1) is 5.72. The molecule has 0 saturated heterocycles. The third kappa shape index (κ3) is 4.73. The number of hydrogen-bond donors (Lipinski definition) is 0. The van der Waals surface area contributed by atoms with Gasteiger partial charge in [0.05, 0.1) is 0 Å². The summed E-state index contributed by atoms with van der Waals surface area (Å²) in [6, 6.07) is 0. The van der Waals surface area contributed by atoms with Crippen LogP contribution in [-0.2, 0) is 0 Å². The smallest absolute Gasteiger partial charge is 0.0303 e. The van der Waals surface area contributed by atoms with Crippen molar-refractivity contribution >= 4 is 0 Å². The first-order valence-electron chi connectivity index (χ1n) is 4.37. The van der Waals surface area contributed by atoms with Gasteiger partial charge in [-0.05, 0) is 31.4 Å². The highest BCUT2D eigenvalue weighted by atomic mass is 13.9. The molecule has 66 valence electrons. The van der Waals surface area contributed by atoms with Gasteiger partial charge >= 0.3 is 0 Å². The van der Waals surface area contributed by atoms with Gasteiger partial charge in [0, 0.05) is 0 Å². The van der Waals surface area contributed by atoms with Crippen LogP contribution in [0.5, 0.6) is 0 Å². The quantitative estimate of drug-likeness (QED) is 0.547. The van der Waals surface area contributed by atoms with E-state index in [-0.39, 0.29) is 0 Å². The van der Waals surface area contributed by atoms with Crippen LogP contribution in [0.15, 0.2) is 48.1 Å². The Morgan fingerprint density at radius 1 is 1.33 bits per heavy atom. The highest BCUT2D eigenvalue weighted by Crippen LogP contribution is 2.07. The van der Waals surface area contributed by atoms with Gasteiger partial charge in [0.25, 0.3) is 0 Å². The maximum atomic E-state index is 3.93. The molecule has 0 N–H and O–H groups in total. The molecule has 0 aliphatic rings. The summed E-state index contributed by atoms with van der Waals surface area (Å²) < 4.78 is 0. The second kappa shape index (κ2) is 6.66. The van der Waals surface area contributed by atoms with Gasteiger partial charge in [-0.1, -0.05) is 43.9 Å². The molecule has 0 unspecified atom stereocenters. The minimum absolute atomic E-state index is 1.08. The predicted octanol–water partition coefficient (Wildman–Crippen LogP) is 4.03. The molecular formula is C12H18. The fraction of sp³-hybridized carbons (Fsp3) is 0.333. The Hall–Kier alpha value is -1.04. The van der Waals surface area contributed by atoms with Gasteiger partial charge in [-0.3, -0.25) is 0 Å². The van der Waals surface area contributed by atoms with Gasteiger partial charge < -0.3 is 0 Å². The lowest BCUT2D eigenvalue weighted by Gasteiger charge is -1.96. The van der Waals surface area contributed by atoms with Crippen molar-refractivity contribution in [2.75, 3.05) is 0 Å². The van der Waals surface area contributed by atoms with Gasteiger partial charge in [0.15, 0.2) is 0 Å². The predicted molar refractivity (Wildman–Crippen MR) is 57.1 cm³/mol. The third-order valence-corrected chi connectivity index (χ3v) is 1.72. The highest BCUT2D eigenvalue weighted by molar-refractivity contribution is 5.36. The maximum Gasteiger partial charge on any atom is -0.0303 e. The second-order valence-corrected chi connectivity index (χ2v) is 2.69. The minimum atomic E-state index is 1.08. The van der Waals surface area contributed by atoms with Gasteiger partial charge in [-0.25, -0.2) is 0 Å². The van der Waals surface area contributed by atoms with Gasteiger partial charge in [0.2, 0.25) is 0 Å². The van der Waals surface area contributed by atoms with Gasteiger partial charge in [0.1, 0.15) is 0 Å². The average molecular weight is 162 g/mol. The minimum Gasteiger partial charge on any atom is -0.0915 e. The molecular weight excluding hydrogens is 144 g/mol. The Morgan fingerprint density at radius 2 is 2.00 bits per heavy atom. The van der Waals surface area contributed by atoms with E-state index in [2.05, 4.69) is 32.6 Å². The molecule has 0 radical (unpaired) electrons. The Labute approximate surface area is 76.0 Å². The Bertz CT molecular complexity index is 214. The number of rotatable bonds is 4. The molecule has 0 aromatic heterocycles. The summed E-state index contributed by atoms with van der Waals surface area (Å²) in [4.78, 5) is 0. The molecule has 0 aromatic rings. The molecule has 0 atom stereocenters. The van der Waals surface area contributed by atoms with Crippen molar-refractivity contribution in [3.05, 3.63) is 48.1 Å².